The first kappa shape index (κ1) is 19.7. The van der Waals surface area contributed by atoms with Crippen LogP contribution in [0.1, 0.15) is 6.92 Å². The van der Waals surface area contributed by atoms with E-state index in [1.165, 1.54) is 36.0 Å². The van der Waals surface area contributed by atoms with Gasteiger partial charge in [-0.1, -0.05) is 0 Å². The maximum absolute atomic E-state index is 12.7. The van der Waals surface area contributed by atoms with Gasteiger partial charge in [-0.3, -0.25) is 9.59 Å². The number of nitrogens with two attached hydrogens (primary N) is 1. The number of halogens is 2. The molecule has 0 bridgehead atoms. The minimum absolute atomic E-state index is 0. The highest BCUT2D eigenvalue weighted by atomic mass is 35.5. The maximum atomic E-state index is 12.7. The van der Waals surface area contributed by atoms with Crippen LogP contribution in [0.5, 0.6) is 0 Å². The van der Waals surface area contributed by atoms with Gasteiger partial charge in [-0.15, -0.1) is 24.2 Å². The summed E-state index contributed by atoms with van der Waals surface area (Å²) < 4.78 is 12.7. The minimum atomic E-state index is -0.359. The van der Waals surface area contributed by atoms with E-state index >= 15 is 0 Å². The third-order valence-corrected chi connectivity index (χ3v) is 3.55. The van der Waals surface area contributed by atoms with Crippen molar-refractivity contribution in [3.8, 4) is 0 Å². The van der Waals surface area contributed by atoms with Gasteiger partial charge in [0.05, 0.1) is 11.0 Å². The smallest absolute Gasteiger partial charge is 0.234 e. The van der Waals surface area contributed by atoms with E-state index in [0.717, 1.165) is 0 Å². The molecular formula is C13H19ClFN3O2S. The lowest BCUT2D eigenvalue weighted by atomic mass is 10.3. The first-order chi connectivity index (χ1) is 9.52. The Morgan fingerprint density at radius 1 is 1.33 bits per heavy atom. The summed E-state index contributed by atoms with van der Waals surface area (Å²) in [5.74, 6) is -0.591. The van der Waals surface area contributed by atoms with Crippen molar-refractivity contribution in [1.82, 2.24) is 5.32 Å². The summed E-state index contributed by atoms with van der Waals surface area (Å²) in [6, 6.07) is 5.50. The van der Waals surface area contributed by atoms with Crippen LogP contribution in [-0.4, -0.2) is 35.9 Å². The van der Waals surface area contributed by atoms with Gasteiger partial charge in [-0.05, 0) is 31.2 Å². The number of carbonyl (C=O) groups is 2. The van der Waals surface area contributed by atoms with Gasteiger partial charge < -0.3 is 16.4 Å². The summed E-state index contributed by atoms with van der Waals surface area (Å²) in [6.45, 7) is 2.53. The molecule has 5 nitrogen and oxygen atoms in total. The van der Waals surface area contributed by atoms with Crippen LogP contribution in [0.15, 0.2) is 24.3 Å². The molecule has 0 aliphatic rings. The first-order valence-corrected chi connectivity index (χ1v) is 7.22. The summed E-state index contributed by atoms with van der Waals surface area (Å²) >= 11 is 1.23. The molecule has 1 aromatic carbocycles. The van der Waals surface area contributed by atoms with Crippen LogP contribution in [0.4, 0.5) is 10.1 Å². The second-order valence-electron chi connectivity index (χ2n) is 4.09. The standard InChI is InChI=1S/C13H18FN3O2S.ClH/c1-9(13(19)16-7-6-15)20-8-12(18)17-11-4-2-10(14)3-5-11;/h2-5,9H,6-8,15H2,1H3,(H,16,19)(H,17,18);1H. The van der Waals surface area contributed by atoms with Gasteiger partial charge in [0, 0.05) is 18.8 Å². The Bertz CT molecular complexity index is 459. The molecule has 4 N–H and O–H groups in total. The summed E-state index contributed by atoms with van der Waals surface area (Å²) in [7, 11) is 0. The average Bonchev–Trinajstić information content (AvgIpc) is 2.44. The number of anilines is 1. The van der Waals surface area contributed by atoms with Gasteiger partial charge in [0.1, 0.15) is 5.82 Å². The first-order valence-electron chi connectivity index (χ1n) is 6.17. The van der Waals surface area contributed by atoms with E-state index in [9.17, 15) is 14.0 Å². The van der Waals surface area contributed by atoms with Crippen molar-refractivity contribution in [1.29, 1.82) is 0 Å². The molecule has 1 atom stereocenters. The number of hydrogen-bond acceptors (Lipinski definition) is 4. The molecule has 0 radical (unpaired) electrons. The molecule has 0 fully saturated rings. The second kappa shape index (κ2) is 10.4. The van der Waals surface area contributed by atoms with Crippen molar-refractivity contribution < 1.29 is 14.0 Å². The predicted octanol–water partition coefficient (Wildman–Crippen LogP) is 1.38. The molecule has 0 aliphatic carbocycles. The Kier molecular flexibility index (Phi) is 9.77. The largest absolute Gasteiger partial charge is 0.354 e. The van der Waals surface area contributed by atoms with Crippen molar-refractivity contribution in [2.45, 2.75) is 12.2 Å². The zero-order valence-electron chi connectivity index (χ0n) is 11.6. The normalized spacial score (nSPS) is 11.2. The molecule has 0 aliphatic heterocycles. The third kappa shape index (κ3) is 7.89. The van der Waals surface area contributed by atoms with Crippen molar-refractivity contribution in [3.05, 3.63) is 30.1 Å². The van der Waals surface area contributed by atoms with Gasteiger partial charge >= 0.3 is 0 Å². The Morgan fingerprint density at radius 2 is 1.95 bits per heavy atom. The fraction of sp³-hybridized carbons (Fsp3) is 0.385. The zero-order chi connectivity index (χ0) is 15.0. The Morgan fingerprint density at radius 3 is 2.52 bits per heavy atom. The third-order valence-electron chi connectivity index (χ3n) is 2.41. The number of hydrogen-bond donors (Lipinski definition) is 3. The fourth-order valence-electron chi connectivity index (χ4n) is 1.35. The Hall–Kier alpha value is -1.31. The van der Waals surface area contributed by atoms with Crippen LogP contribution in [-0.2, 0) is 9.59 Å². The average molecular weight is 336 g/mol. The lowest BCUT2D eigenvalue weighted by Crippen LogP contribution is -2.35. The molecule has 1 rings (SSSR count). The van der Waals surface area contributed by atoms with E-state index in [1.807, 2.05) is 0 Å². The molecule has 8 heteroatoms. The quantitative estimate of drug-likeness (QED) is 0.703. The number of amides is 2. The monoisotopic (exact) mass is 335 g/mol. The molecule has 118 valence electrons. The van der Waals surface area contributed by atoms with Crippen molar-refractivity contribution >= 4 is 41.7 Å². The highest BCUT2D eigenvalue weighted by Crippen LogP contribution is 2.12. The molecule has 2 amide bonds. The van der Waals surface area contributed by atoms with E-state index in [4.69, 9.17) is 5.73 Å². The molecule has 0 aromatic heterocycles. The van der Waals surface area contributed by atoms with Crippen molar-refractivity contribution in [2.75, 3.05) is 24.2 Å². The predicted molar refractivity (Wildman–Crippen MR) is 86.3 cm³/mol. The highest BCUT2D eigenvalue weighted by Gasteiger charge is 2.14. The number of benzene rings is 1. The van der Waals surface area contributed by atoms with E-state index in [1.54, 1.807) is 6.92 Å². The lowest BCUT2D eigenvalue weighted by Gasteiger charge is -2.11. The Labute approximate surface area is 133 Å². The topological polar surface area (TPSA) is 84.2 Å². The van der Waals surface area contributed by atoms with Crippen molar-refractivity contribution in [2.24, 2.45) is 5.73 Å². The molecular weight excluding hydrogens is 317 g/mol. The number of carbonyl (C=O) groups excluding carboxylic acids is 2. The van der Waals surface area contributed by atoms with E-state index in [-0.39, 0.29) is 41.0 Å². The van der Waals surface area contributed by atoms with Crippen LogP contribution < -0.4 is 16.4 Å². The summed E-state index contributed by atoms with van der Waals surface area (Å²) in [5.41, 5.74) is 5.81. The van der Waals surface area contributed by atoms with Crippen molar-refractivity contribution in [3.63, 3.8) is 0 Å². The van der Waals surface area contributed by atoms with Gasteiger partial charge in [0.25, 0.3) is 0 Å². The number of thioether (sulfide) groups is 1. The van der Waals surface area contributed by atoms with E-state index in [0.29, 0.717) is 18.8 Å². The lowest BCUT2D eigenvalue weighted by molar-refractivity contribution is -0.120. The number of nitrogens with one attached hydrogen (secondary N) is 2. The van der Waals surface area contributed by atoms with Crippen LogP contribution in [0.2, 0.25) is 0 Å². The van der Waals surface area contributed by atoms with E-state index < -0.39 is 0 Å². The van der Waals surface area contributed by atoms with Crippen LogP contribution in [0, 0.1) is 5.82 Å². The second-order valence-corrected chi connectivity index (χ2v) is 5.42. The van der Waals surface area contributed by atoms with Gasteiger partial charge in [0.15, 0.2) is 0 Å². The van der Waals surface area contributed by atoms with Crippen LogP contribution in [0.25, 0.3) is 0 Å². The molecule has 0 spiro atoms. The molecule has 0 saturated carbocycles. The van der Waals surface area contributed by atoms with Crippen LogP contribution in [0.3, 0.4) is 0 Å². The van der Waals surface area contributed by atoms with Gasteiger partial charge in [0.2, 0.25) is 11.8 Å². The molecule has 21 heavy (non-hydrogen) atoms. The SMILES string of the molecule is CC(SCC(=O)Nc1ccc(F)cc1)C(=O)NCCN.Cl. The van der Waals surface area contributed by atoms with E-state index in [2.05, 4.69) is 10.6 Å². The minimum Gasteiger partial charge on any atom is -0.354 e. The van der Waals surface area contributed by atoms with Gasteiger partial charge in [-0.2, -0.15) is 0 Å². The maximum Gasteiger partial charge on any atom is 0.234 e. The highest BCUT2D eigenvalue weighted by molar-refractivity contribution is 8.01. The molecule has 1 aromatic rings. The zero-order valence-corrected chi connectivity index (χ0v) is 13.2. The Balaban J connectivity index is 0.00000400. The number of rotatable bonds is 7. The summed E-state index contributed by atoms with van der Waals surface area (Å²) in [6.07, 6.45) is 0. The molecule has 0 saturated heterocycles. The molecule has 1 unspecified atom stereocenters. The fourth-order valence-corrected chi connectivity index (χ4v) is 2.05. The summed E-state index contributed by atoms with van der Waals surface area (Å²) in [4.78, 5) is 23.2. The molecule has 0 heterocycles. The van der Waals surface area contributed by atoms with Gasteiger partial charge in [-0.25, -0.2) is 4.39 Å². The summed E-state index contributed by atoms with van der Waals surface area (Å²) in [5, 5.41) is 4.95. The van der Waals surface area contributed by atoms with Crippen LogP contribution >= 0.6 is 24.2 Å².